The van der Waals surface area contributed by atoms with E-state index >= 15 is 0 Å². The number of methoxy groups -OCH3 is 1. The normalized spacial score (nSPS) is 19.0. The molecule has 0 radical (unpaired) electrons. The van der Waals surface area contributed by atoms with E-state index in [2.05, 4.69) is 35.1 Å². The maximum absolute atomic E-state index is 11.4. The van der Waals surface area contributed by atoms with E-state index < -0.39 is 12.0 Å². The molecule has 3 rings (SSSR count). The summed E-state index contributed by atoms with van der Waals surface area (Å²) in [5, 5.41) is 0. The van der Waals surface area contributed by atoms with Crippen LogP contribution in [0.1, 0.15) is 42.7 Å². The molecule has 1 fully saturated rings. The van der Waals surface area contributed by atoms with E-state index in [1.54, 1.807) is 0 Å². The van der Waals surface area contributed by atoms with Gasteiger partial charge in [0.05, 0.1) is 19.8 Å². The molecule has 2 aromatic rings. The van der Waals surface area contributed by atoms with Gasteiger partial charge < -0.3 is 19.9 Å². The third kappa shape index (κ3) is 7.51. The topological polar surface area (TPSA) is 70.8 Å². The third-order valence-corrected chi connectivity index (χ3v) is 5.29. The smallest absolute Gasteiger partial charge is 0.325 e. The summed E-state index contributed by atoms with van der Waals surface area (Å²) in [5.74, 6) is 0.989. The van der Waals surface area contributed by atoms with Gasteiger partial charge in [-0.3, -0.25) is 4.79 Å². The highest BCUT2D eigenvalue weighted by atomic mass is 35.5. The minimum Gasteiger partial charge on any atom is -0.489 e. The summed E-state index contributed by atoms with van der Waals surface area (Å²) >= 11 is 0. The second kappa shape index (κ2) is 13.5. The monoisotopic (exact) mass is 453 g/mol. The molecule has 0 aliphatic heterocycles. The van der Waals surface area contributed by atoms with E-state index in [0.717, 1.165) is 37.0 Å². The lowest BCUT2D eigenvalue weighted by atomic mass is 9.82. The summed E-state index contributed by atoms with van der Waals surface area (Å²) in [5.41, 5.74) is 8.18. The van der Waals surface area contributed by atoms with Gasteiger partial charge in [-0.25, -0.2) is 0 Å². The molecule has 5 nitrogen and oxygen atoms in total. The fourth-order valence-electron chi connectivity index (χ4n) is 3.68. The summed E-state index contributed by atoms with van der Waals surface area (Å²) in [7, 11) is 1.34. The lowest BCUT2D eigenvalue weighted by Crippen LogP contribution is -2.38. The van der Waals surface area contributed by atoms with Crippen LogP contribution in [0, 0.1) is 0 Å². The first-order valence-electron chi connectivity index (χ1n) is 9.88. The Morgan fingerprint density at radius 3 is 2.33 bits per heavy atom. The van der Waals surface area contributed by atoms with E-state index in [-0.39, 0.29) is 38.6 Å². The Labute approximate surface area is 192 Å². The van der Waals surface area contributed by atoms with Crippen molar-refractivity contribution in [2.24, 2.45) is 5.73 Å². The van der Waals surface area contributed by atoms with Gasteiger partial charge in [0.25, 0.3) is 0 Å². The standard InChI is InChI=1S/C23H29NO4.ClH.H2S/c1-26-23(25)21(24)16-27-19-13-11-18(12-14-19)20-9-5-6-10-22(20)28-15-17-7-3-2-4-8-17;;/h2-10,18-19,21H,11-16,24H2,1H3;1H;1H2/t18?,19?,21-;;/m0../s1. The van der Waals surface area contributed by atoms with Crippen LogP contribution >= 0.6 is 25.9 Å². The van der Waals surface area contributed by atoms with Crippen molar-refractivity contribution in [3.63, 3.8) is 0 Å². The van der Waals surface area contributed by atoms with Crippen LogP contribution in [-0.2, 0) is 20.9 Å². The van der Waals surface area contributed by atoms with Crippen LogP contribution < -0.4 is 10.5 Å². The summed E-state index contributed by atoms with van der Waals surface area (Å²) in [6, 6.07) is 17.8. The molecule has 1 aliphatic carbocycles. The summed E-state index contributed by atoms with van der Waals surface area (Å²) in [6.07, 6.45) is 4.11. The van der Waals surface area contributed by atoms with Crippen LogP contribution in [0.3, 0.4) is 0 Å². The van der Waals surface area contributed by atoms with Gasteiger partial charge >= 0.3 is 5.97 Å². The Balaban J connectivity index is 0.00000225. The molecule has 1 saturated carbocycles. The van der Waals surface area contributed by atoms with Crippen LogP contribution in [0.4, 0.5) is 0 Å². The zero-order valence-corrected chi connectivity index (χ0v) is 19.1. The van der Waals surface area contributed by atoms with Crippen molar-refractivity contribution in [2.45, 2.75) is 50.4 Å². The van der Waals surface area contributed by atoms with Crippen molar-refractivity contribution < 1.29 is 19.0 Å². The number of para-hydroxylation sites is 1. The van der Waals surface area contributed by atoms with Gasteiger partial charge in [-0.2, -0.15) is 13.5 Å². The van der Waals surface area contributed by atoms with E-state index in [1.165, 1.54) is 12.7 Å². The largest absolute Gasteiger partial charge is 0.489 e. The lowest BCUT2D eigenvalue weighted by molar-refractivity contribution is -0.144. The summed E-state index contributed by atoms with van der Waals surface area (Å²) in [6.45, 7) is 0.778. The number of halogens is 1. The number of rotatable bonds is 8. The molecule has 0 unspecified atom stereocenters. The minimum absolute atomic E-state index is 0. The fourth-order valence-corrected chi connectivity index (χ4v) is 3.68. The number of carbonyl (C=O) groups is 1. The number of hydrogen-bond donors (Lipinski definition) is 1. The van der Waals surface area contributed by atoms with E-state index in [9.17, 15) is 4.79 Å². The maximum atomic E-state index is 11.4. The van der Waals surface area contributed by atoms with Gasteiger partial charge in [-0.05, 0) is 48.8 Å². The van der Waals surface area contributed by atoms with Crippen LogP contribution in [0.2, 0.25) is 0 Å². The molecule has 0 spiro atoms. The molecule has 2 N–H and O–H groups in total. The average molecular weight is 454 g/mol. The highest BCUT2D eigenvalue weighted by Crippen LogP contribution is 2.38. The molecular formula is C23H32ClNO4S. The average Bonchev–Trinajstić information content (AvgIpc) is 2.76. The van der Waals surface area contributed by atoms with Crippen molar-refractivity contribution in [3.05, 3.63) is 65.7 Å². The molecule has 2 aromatic carbocycles. The zero-order valence-electron chi connectivity index (χ0n) is 17.3. The molecule has 1 atom stereocenters. The molecule has 0 saturated heterocycles. The maximum Gasteiger partial charge on any atom is 0.325 e. The number of hydrogen-bond acceptors (Lipinski definition) is 5. The van der Waals surface area contributed by atoms with Gasteiger partial charge in [0.15, 0.2) is 0 Å². The Bertz CT molecular complexity index is 754. The number of nitrogens with two attached hydrogens (primary N) is 1. The lowest BCUT2D eigenvalue weighted by Gasteiger charge is -2.30. The molecule has 0 bridgehead atoms. The van der Waals surface area contributed by atoms with Crippen LogP contribution in [-0.4, -0.2) is 31.8 Å². The minimum atomic E-state index is -0.713. The highest BCUT2D eigenvalue weighted by Gasteiger charge is 2.26. The molecule has 30 heavy (non-hydrogen) atoms. The summed E-state index contributed by atoms with van der Waals surface area (Å²) in [4.78, 5) is 11.4. The van der Waals surface area contributed by atoms with Gasteiger partial charge in [0.2, 0.25) is 0 Å². The van der Waals surface area contributed by atoms with E-state index in [1.807, 2.05) is 24.3 Å². The predicted molar refractivity (Wildman–Crippen MR) is 126 cm³/mol. The molecule has 0 heterocycles. The van der Waals surface area contributed by atoms with Crippen LogP contribution in [0.5, 0.6) is 5.75 Å². The van der Waals surface area contributed by atoms with Crippen LogP contribution in [0.15, 0.2) is 54.6 Å². The first-order chi connectivity index (χ1) is 13.7. The second-order valence-corrected chi connectivity index (χ2v) is 7.25. The van der Waals surface area contributed by atoms with E-state index in [4.69, 9.17) is 15.2 Å². The van der Waals surface area contributed by atoms with Crippen molar-refractivity contribution >= 4 is 31.9 Å². The van der Waals surface area contributed by atoms with Gasteiger partial charge in [0, 0.05) is 0 Å². The Morgan fingerprint density at radius 1 is 1.03 bits per heavy atom. The van der Waals surface area contributed by atoms with Crippen molar-refractivity contribution in [2.75, 3.05) is 13.7 Å². The first kappa shape index (κ1) is 26.3. The van der Waals surface area contributed by atoms with Crippen molar-refractivity contribution in [3.8, 4) is 5.75 Å². The molecule has 166 valence electrons. The Kier molecular flexibility index (Phi) is 11.9. The van der Waals surface area contributed by atoms with Gasteiger partial charge in [-0.15, -0.1) is 12.4 Å². The molecule has 0 aromatic heterocycles. The molecule has 0 amide bonds. The van der Waals surface area contributed by atoms with Gasteiger partial charge in [0.1, 0.15) is 18.4 Å². The number of ether oxygens (including phenoxy) is 3. The molecular weight excluding hydrogens is 422 g/mol. The fraction of sp³-hybridized carbons (Fsp3) is 0.435. The SMILES string of the molecule is COC(=O)[C@@H](N)COC1CCC(c2ccccc2OCc2ccccc2)CC1.Cl.S. The second-order valence-electron chi connectivity index (χ2n) is 7.25. The quantitative estimate of drug-likeness (QED) is 0.602. The van der Waals surface area contributed by atoms with Gasteiger partial charge in [-0.1, -0.05) is 48.5 Å². The number of carbonyl (C=O) groups excluding carboxylic acids is 1. The third-order valence-electron chi connectivity index (χ3n) is 5.29. The van der Waals surface area contributed by atoms with Crippen molar-refractivity contribution in [1.82, 2.24) is 0 Å². The molecule has 7 heteroatoms. The Hall–Kier alpha value is -1.73. The highest BCUT2D eigenvalue weighted by molar-refractivity contribution is 7.59. The zero-order chi connectivity index (χ0) is 19.8. The molecule has 1 aliphatic rings. The first-order valence-corrected chi connectivity index (χ1v) is 9.88. The number of esters is 1. The Morgan fingerprint density at radius 2 is 1.67 bits per heavy atom. The van der Waals surface area contributed by atoms with E-state index in [0.29, 0.717) is 12.5 Å². The van der Waals surface area contributed by atoms with Crippen LogP contribution in [0.25, 0.3) is 0 Å². The number of benzene rings is 2. The predicted octanol–water partition coefficient (Wildman–Crippen LogP) is 4.34. The van der Waals surface area contributed by atoms with Crippen molar-refractivity contribution in [1.29, 1.82) is 0 Å². The summed E-state index contributed by atoms with van der Waals surface area (Å²) < 4.78 is 16.6.